The second-order valence-electron chi connectivity index (χ2n) is 9.25. The van der Waals surface area contributed by atoms with Crippen molar-refractivity contribution in [1.82, 2.24) is 14.5 Å². The van der Waals surface area contributed by atoms with Gasteiger partial charge in [0.05, 0.1) is 16.7 Å². The van der Waals surface area contributed by atoms with E-state index in [2.05, 4.69) is 4.90 Å². The summed E-state index contributed by atoms with van der Waals surface area (Å²) < 4.78 is 1.89. The van der Waals surface area contributed by atoms with Gasteiger partial charge in [-0.15, -0.1) is 0 Å². The van der Waals surface area contributed by atoms with Crippen molar-refractivity contribution in [2.45, 2.75) is 69.0 Å². The molecule has 1 aliphatic heterocycles. The van der Waals surface area contributed by atoms with Gasteiger partial charge < -0.3 is 4.90 Å². The molecule has 2 aliphatic carbocycles. The van der Waals surface area contributed by atoms with Gasteiger partial charge in [0.25, 0.3) is 5.56 Å². The Morgan fingerprint density at radius 1 is 1.00 bits per heavy atom. The minimum absolute atomic E-state index is 0.0467. The van der Waals surface area contributed by atoms with Crippen molar-refractivity contribution in [2.24, 2.45) is 11.8 Å². The number of likely N-dealkylation sites (tertiary alicyclic amines) is 1. The second kappa shape index (κ2) is 8.74. The summed E-state index contributed by atoms with van der Waals surface area (Å²) in [4.78, 5) is 33.2. The molecule has 1 aromatic carbocycles. The number of rotatable bonds is 4. The Balaban J connectivity index is 1.35. The van der Waals surface area contributed by atoms with Crippen LogP contribution in [0.5, 0.6) is 0 Å². The van der Waals surface area contributed by atoms with Gasteiger partial charge in [-0.3, -0.25) is 14.2 Å². The number of aromatic nitrogens is 2. The molecular weight excluding hydrogens is 394 g/mol. The first-order valence-corrected chi connectivity index (χ1v) is 12.6. The molecule has 2 saturated carbocycles. The Labute approximate surface area is 182 Å². The van der Waals surface area contributed by atoms with E-state index in [-0.39, 0.29) is 17.5 Å². The summed E-state index contributed by atoms with van der Waals surface area (Å²) in [5.74, 6) is 2.08. The van der Waals surface area contributed by atoms with Crippen LogP contribution < -0.4 is 5.56 Å². The standard InChI is InChI=1S/C24H31N3O2S/c28-22(26-14-13-17-7-1-2-8-18(17)15-26)16-30-24-25-21-12-6-5-11-20(21)23(29)27(24)19-9-3-4-10-19/h5-6,11-12,17-19H,1-4,7-10,13-16H2/t17-,18-/m0/s1. The monoisotopic (exact) mass is 425 g/mol. The van der Waals surface area contributed by atoms with E-state index in [0.717, 1.165) is 56.6 Å². The van der Waals surface area contributed by atoms with E-state index in [0.29, 0.717) is 22.2 Å². The Kier molecular flexibility index (Phi) is 5.85. The quantitative estimate of drug-likeness (QED) is 0.529. The van der Waals surface area contributed by atoms with E-state index >= 15 is 0 Å². The highest BCUT2D eigenvalue weighted by Gasteiger charge is 2.33. The number of carbonyl (C=O) groups is 1. The topological polar surface area (TPSA) is 55.2 Å². The van der Waals surface area contributed by atoms with E-state index in [1.54, 1.807) is 0 Å². The Bertz CT molecular complexity index is 982. The molecule has 0 unspecified atom stereocenters. The molecule has 1 saturated heterocycles. The van der Waals surface area contributed by atoms with Crippen LogP contribution in [0.2, 0.25) is 0 Å². The number of para-hydroxylation sites is 1. The molecule has 0 bridgehead atoms. The van der Waals surface area contributed by atoms with Crippen LogP contribution in [0.3, 0.4) is 0 Å². The van der Waals surface area contributed by atoms with Crippen molar-refractivity contribution in [1.29, 1.82) is 0 Å². The summed E-state index contributed by atoms with van der Waals surface area (Å²) >= 11 is 1.45. The number of piperidine rings is 1. The molecule has 1 aromatic heterocycles. The van der Waals surface area contributed by atoms with E-state index in [9.17, 15) is 9.59 Å². The van der Waals surface area contributed by atoms with Gasteiger partial charge in [-0.25, -0.2) is 4.98 Å². The average molecular weight is 426 g/mol. The largest absolute Gasteiger partial charge is 0.342 e. The van der Waals surface area contributed by atoms with E-state index in [1.165, 1.54) is 37.4 Å². The summed E-state index contributed by atoms with van der Waals surface area (Å²) in [6, 6.07) is 7.79. The molecule has 0 N–H and O–H groups in total. The van der Waals surface area contributed by atoms with Crippen molar-refractivity contribution < 1.29 is 4.79 Å². The fourth-order valence-electron chi connectivity index (χ4n) is 5.76. The fourth-order valence-corrected chi connectivity index (χ4v) is 6.73. The molecule has 0 spiro atoms. The number of thioether (sulfide) groups is 1. The molecular formula is C24H31N3O2S. The maximum atomic E-state index is 13.3. The number of nitrogens with zero attached hydrogens (tertiary/aromatic N) is 3. The van der Waals surface area contributed by atoms with Gasteiger partial charge in [0.1, 0.15) is 0 Å². The van der Waals surface area contributed by atoms with Gasteiger partial charge in [0.15, 0.2) is 5.16 Å². The predicted molar refractivity (Wildman–Crippen MR) is 121 cm³/mol. The predicted octanol–water partition coefficient (Wildman–Crippen LogP) is 4.64. The average Bonchev–Trinajstić information content (AvgIpc) is 3.31. The minimum Gasteiger partial charge on any atom is -0.342 e. The summed E-state index contributed by atoms with van der Waals surface area (Å²) in [6.07, 6.45) is 10.8. The maximum absolute atomic E-state index is 13.3. The zero-order chi connectivity index (χ0) is 20.5. The van der Waals surface area contributed by atoms with Gasteiger partial charge in [-0.1, -0.05) is 56.0 Å². The van der Waals surface area contributed by atoms with Crippen molar-refractivity contribution in [2.75, 3.05) is 18.8 Å². The molecule has 0 radical (unpaired) electrons. The highest BCUT2D eigenvalue weighted by atomic mass is 32.2. The lowest BCUT2D eigenvalue weighted by Crippen LogP contribution is -2.45. The number of fused-ring (bicyclic) bond motifs is 2. The molecule has 5 rings (SSSR count). The van der Waals surface area contributed by atoms with Gasteiger partial charge in [-0.2, -0.15) is 0 Å². The lowest BCUT2D eigenvalue weighted by Gasteiger charge is -2.41. The zero-order valence-electron chi connectivity index (χ0n) is 17.6. The number of hydrogen-bond donors (Lipinski definition) is 0. The first-order valence-electron chi connectivity index (χ1n) is 11.6. The number of amides is 1. The lowest BCUT2D eigenvalue weighted by atomic mass is 9.75. The van der Waals surface area contributed by atoms with Crippen LogP contribution in [0.1, 0.15) is 63.8 Å². The van der Waals surface area contributed by atoms with Gasteiger partial charge in [0.2, 0.25) is 5.91 Å². The molecule has 3 aliphatic rings. The highest BCUT2D eigenvalue weighted by molar-refractivity contribution is 7.99. The first-order chi connectivity index (χ1) is 14.7. The van der Waals surface area contributed by atoms with Crippen LogP contribution in [0.4, 0.5) is 0 Å². The van der Waals surface area contributed by atoms with Crippen LogP contribution in [-0.4, -0.2) is 39.2 Å². The van der Waals surface area contributed by atoms with Gasteiger partial charge in [-0.05, 0) is 49.7 Å². The molecule has 30 heavy (non-hydrogen) atoms. The molecule has 2 heterocycles. The van der Waals surface area contributed by atoms with Gasteiger partial charge in [0, 0.05) is 19.1 Å². The first kappa shape index (κ1) is 20.1. The van der Waals surface area contributed by atoms with Crippen molar-refractivity contribution in [3.63, 3.8) is 0 Å². The lowest BCUT2D eigenvalue weighted by molar-refractivity contribution is -0.131. The summed E-state index contributed by atoms with van der Waals surface area (Å²) in [5, 5.41) is 1.39. The molecule has 2 aromatic rings. The van der Waals surface area contributed by atoms with Crippen molar-refractivity contribution in [3.8, 4) is 0 Å². The molecule has 2 atom stereocenters. The van der Waals surface area contributed by atoms with E-state index in [1.807, 2.05) is 28.8 Å². The SMILES string of the molecule is O=C(CSc1nc2ccccc2c(=O)n1C1CCCC1)N1CC[C@@H]2CCCC[C@H]2C1. The van der Waals surface area contributed by atoms with Crippen LogP contribution in [0.15, 0.2) is 34.2 Å². The Morgan fingerprint density at radius 2 is 1.73 bits per heavy atom. The summed E-state index contributed by atoms with van der Waals surface area (Å²) in [5.41, 5.74) is 0.778. The molecule has 1 amide bonds. The maximum Gasteiger partial charge on any atom is 0.262 e. The molecule has 6 heteroatoms. The van der Waals surface area contributed by atoms with Crippen LogP contribution >= 0.6 is 11.8 Å². The third kappa shape index (κ3) is 3.91. The number of carbonyl (C=O) groups excluding carboxylic acids is 1. The van der Waals surface area contributed by atoms with Crippen molar-refractivity contribution >= 4 is 28.6 Å². The molecule has 3 fully saturated rings. The van der Waals surface area contributed by atoms with E-state index < -0.39 is 0 Å². The van der Waals surface area contributed by atoms with Crippen molar-refractivity contribution in [3.05, 3.63) is 34.6 Å². The Morgan fingerprint density at radius 3 is 2.57 bits per heavy atom. The minimum atomic E-state index is 0.0467. The van der Waals surface area contributed by atoms with Crippen LogP contribution in [0.25, 0.3) is 10.9 Å². The fraction of sp³-hybridized carbons (Fsp3) is 0.625. The van der Waals surface area contributed by atoms with E-state index in [4.69, 9.17) is 4.98 Å². The molecule has 160 valence electrons. The van der Waals surface area contributed by atoms with Crippen LogP contribution in [-0.2, 0) is 4.79 Å². The third-order valence-electron chi connectivity index (χ3n) is 7.43. The second-order valence-corrected chi connectivity index (χ2v) is 10.2. The smallest absolute Gasteiger partial charge is 0.262 e. The number of benzene rings is 1. The number of hydrogen-bond acceptors (Lipinski definition) is 4. The highest BCUT2D eigenvalue weighted by Crippen LogP contribution is 2.36. The summed E-state index contributed by atoms with van der Waals surface area (Å²) in [7, 11) is 0. The third-order valence-corrected chi connectivity index (χ3v) is 8.37. The normalized spacial score (nSPS) is 24.9. The Hall–Kier alpha value is -1.82. The summed E-state index contributed by atoms with van der Waals surface area (Å²) in [6.45, 7) is 1.81. The zero-order valence-corrected chi connectivity index (χ0v) is 18.4. The van der Waals surface area contributed by atoms with Crippen LogP contribution in [0, 0.1) is 11.8 Å². The van der Waals surface area contributed by atoms with Gasteiger partial charge >= 0.3 is 0 Å². The molecule has 5 nitrogen and oxygen atoms in total.